The summed E-state index contributed by atoms with van der Waals surface area (Å²) in [5.74, 6) is 0.362. The van der Waals surface area contributed by atoms with Crippen molar-refractivity contribution in [2.45, 2.75) is 70.0 Å². The van der Waals surface area contributed by atoms with E-state index in [-0.39, 0.29) is 24.1 Å². The second kappa shape index (κ2) is 10.1. The van der Waals surface area contributed by atoms with E-state index in [1.165, 1.54) is 0 Å². The summed E-state index contributed by atoms with van der Waals surface area (Å²) in [5, 5.41) is 0. The molecule has 9 nitrogen and oxygen atoms in total. The van der Waals surface area contributed by atoms with Crippen molar-refractivity contribution >= 4 is 22.0 Å². The molecular formula is C29H35N5O4S. The summed E-state index contributed by atoms with van der Waals surface area (Å²) in [6.45, 7) is 10.4. The fourth-order valence-corrected chi connectivity index (χ4v) is 6.26. The Morgan fingerprint density at radius 2 is 1.85 bits per heavy atom. The molecule has 3 atom stereocenters. The van der Waals surface area contributed by atoms with Gasteiger partial charge in [0.25, 0.3) is 0 Å². The highest BCUT2D eigenvalue weighted by atomic mass is 32.2. The van der Waals surface area contributed by atoms with Crippen molar-refractivity contribution in [1.29, 1.82) is 4.78 Å². The maximum Gasteiger partial charge on any atom is 0.410 e. The maximum absolute atomic E-state index is 13.6. The molecule has 1 aromatic heterocycles. The van der Waals surface area contributed by atoms with Gasteiger partial charge in [-0.3, -0.25) is 4.72 Å². The van der Waals surface area contributed by atoms with Gasteiger partial charge >= 0.3 is 6.09 Å². The molecule has 2 aliphatic heterocycles. The van der Waals surface area contributed by atoms with E-state index in [1.54, 1.807) is 17.0 Å². The molecule has 3 aromatic rings. The fraction of sp³-hybridized carbons (Fsp3) is 0.414. The number of carbonyl (C=O) groups excluding carboxylic acids is 1. The number of amides is 1. The predicted octanol–water partition coefficient (Wildman–Crippen LogP) is 6.07. The molecular weight excluding hydrogens is 514 g/mol. The number of likely N-dealkylation sites (tertiary alicyclic amines) is 1. The van der Waals surface area contributed by atoms with Gasteiger partial charge in [0.15, 0.2) is 9.92 Å². The van der Waals surface area contributed by atoms with Crippen LogP contribution in [0.15, 0.2) is 53.4 Å². The molecule has 6 bridgehead atoms. The van der Waals surface area contributed by atoms with Gasteiger partial charge in [-0.05, 0) is 82.2 Å². The SMILES string of the molecule is Cc1cccc(C)c1-c1cc2nc(n1)NS(=N)(=O)c1cccc(c1)C1CCN(C(=O)OC(C)(C)C)CC(C1)O2. The summed E-state index contributed by atoms with van der Waals surface area (Å²) in [4.78, 5) is 24.3. The van der Waals surface area contributed by atoms with Crippen molar-refractivity contribution in [2.24, 2.45) is 0 Å². The average Bonchev–Trinajstić information content (AvgIpc) is 3.05. The number of carbonyl (C=O) groups is 1. The van der Waals surface area contributed by atoms with Gasteiger partial charge in [0.2, 0.25) is 11.8 Å². The third-order valence-corrected chi connectivity index (χ3v) is 8.38. The molecule has 2 aromatic carbocycles. The number of fused-ring (bicyclic) bond motifs is 7. The average molecular weight is 550 g/mol. The minimum atomic E-state index is -3.46. The fourth-order valence-electron chi connectivity index (χ4n) is 5.22. The molecule has 39 heavy (non-hydrogen) atoms. The summed E-state index contributed by atoms with van der Waals surface area (Å²) in [6, 6.07) is 15.1. The Hall–Kier alpha value is -3.66. The first-order valence-electron chi connectivity index (χ1n) is 13.1. The van der Waals surface area contributed by atoms with E-state index < -0.39 is 15.5 Å². The molecule has 3 heterocycles. The zero-order valence-corrected chi connectivity index (χ0v) is 23.8. The van der Waals surface area contributed by atoms with E-state index in [4.69, 9.17) is 14.3 Å². The molecule has 206 valence electrons. The summed E-state index contributed by atoms with van der Waals surface area (Å²) in [6.07, 6.45) is 0.540. The lowest BCUT2D eigenvalue weighted by atomic mass is 9.91. The highest BCUT2D eigenvalue weighted by molar-refractivity contribution is 7.93. The lowest BCUT2D eigenvalue weighted by Gasteiger charge is -2.28. The second-order valence-corrected chi connectivity index (χ2v) is 13.1. The van der Waals surface area contributed by atoms with Crippen molar-refractivity contribution in [3.63, 3.8) is 0 Å². The van der Waals surface area contributed by atoms with Crippen molar-refractivity contribution in [3.05, 3.63) is 65.2 Å². The van der Waals surface area contributed by atoms with Gasteiger partial charge in [-0.1, -0.05) is 30.3 Å². The van der Waals surface area contributed by atoms with E-state index in [0.717, 1.165) is 22.3 Å². The highest BCUT2D eigenvalue weighted by Gasteiger charge is 2.33. The Labute approximate surface area is 230 Å². The van der Waals surface area contributed by atoms with E-state index in [0.29, 0.717) is 42.4 Å². The molecule has 0 radical (unpaired) electrons. The monoisotopic (exact) mass is 549 g/mol. The molecule has 5 rings (SSSR count). The summed E-state index contributed by atoms with van der Waals surface area (Å²) in [5.41, 5.74) is 3.91. The van der Waals surface area contributed by atoms with Crippen LogP contribution in [0.25, 0.3) is 11.3 Å². The van der Waals surface area contributed by atoms with E-state index in [2.05, 4.69) is 14.7 Å². The number of nitrogens with zero attached hydrogens (tertiary/aromatic N) is 3. The third-order valence-electron chi connectivity index (χ3n) is 6.99. The number of benzene rings is 2. The van der Waals surface area contributed by atoms with Gasteiger partial charge in [-0.2, -0.15) is 4.98 Å². The molecule has 0 spiro atoms. The number of rotatable bonds is 1. The van der Waals surface area contributed by atoms with Crippen LogP contribution in [0.5, 0.6) is 5.88 Å². The Morgan fingerprint density at radius 3 is 2.56 bits per heavy atom. The molecule has 1 fully saturated rings. The van der Waals surface area contributed by atoms with E-state index in [9.17, 15) is 9.00 Å². The van der Waals surface area contributed by atoms with Crippen molar-refractivity contribution < 1.29 is 18.5 Å². The van der Waals surface area contributed by atoms with E-state index in [1.807, 2.05) is 71.0 Å². The Kier molecular flexibility index (Phi) is 7.00. The van der Waals surface area contributed by atoms with Crippen LogP contribution in [-0.2, 0) is 14.7 Å². The lowest BCUT2D eigenvalue weighted by molar-refractivity contribution is 0.0189. The van der Waals surface area contributed by atoms with Crippen molar-refractivity contribution in [2.75, 3.05) is 17.8 Å². The Bertz CT molecular complexity index is 1500. The quantitative estimate of drug-likeness (QED) is 0.381. The number of aromatic nitrogens is 2. The summed E-state index contributed by atoms with van der Waals surface area (Å²) >= 11 is 0. The van der Waals surface area contributed by atoms with Crippen molar-refractivity contribution in [1.82, 2.24) is 14.9 Å². The molecule has 0 aliphatic carbocycles. The standard InChI is InChI=1S/C29H35N5O4S/c1-18-8-6-9-19(2)26(18)24-16-25-32-27(31-24)33-39(30,36)23-11-7-10-20(15-23)21-12-13-34(17-22(14-21)37-25)28(35)38-29(3,4)5/h6-11,15-16,21-22H,12-14,17H2,1-5H3,(H2,30,31,32,33,36). The van der Waals surface area contributed by atoms with Gasteiger partial charge in [-0.25, -0.2) is 18.8 Å². The topological polar surface area (TPSA) is 118 Å². The van der Waals surface area contributed by atoms with Crippen LogP contribution in [0.3, 0.4) is 0 Å². The number of aryl methyl sites for hydroxylation is 2. The van der Waals surface area contributed by atoms with Crippen LogP contribution < -0.4 is 9.46 Å². The molecule has 10 heteroatoms. The summed E-state index contributed by atoms with van der Waals surface area (Å²) in [7, 11) is -3.46. The van der Waals surface area contributed by atoms with Gasteiger partial charge in [-0.15, -0.1) is 0 Å². The smallest absolute Gasteiger partial charge is 0.410 e. The normalized spacial score (nSPS) is 22.8. The minimum Gasteiger partial charge on any atom is -0.472 e. The largest absolute Gasteiger partial charge is 0.472 e. The van der Waals surface area contributed by atoms with Crippen LogP contribution in [0.4, 0.5) is 10.7 Å². The Morgan fingerprint density at radius 1 is 1.13 bits per heavy atom. The first-order chi connectivity index (χ1) is 18.4. The van der Waals surface area contributed by atoms with Gasteiger partial charge in [0.05, 0.1) is 17.1 Å². The number of hydrogen-bond donors (Lipinski definition) is 2. The van der Waals surface area contributed by atoms with E-state index >= 15 is 0 Å². The Balaban J connectivity index is 1.62. The highest BCUT2D eigenvalue weighted by Crippen LogP contribution is 2.35. The molecule has 0 saturated carbocycles. The zero-order valence-electron chi connectivity index (χ0n) is 23.0. The predicted molar refractivity (Wildman–Crippen MR) is 150 cm³/mol. The summed E-state index contributed by atoms with van der Waals surface area (Å²) < 4.78 is 37.2. The lowest BCUT2D eigenvalue weighted by Crippen LogP contribution is -2.41. The van der Waals surface area contributed by atoms with Crippen LogP contribution >= 0.6 is 0 Å². The van der Waals surface area contributed by atoms with Crippen LogP contribution in [0.2, 0.25) is 0 Å². The van der Waals surface area contributed by atoms with Gasteiger partial charge < -0.3 is 14.4 Å². The number of ether oxygens (including phenoxy) is 2. The van der Waals surface area contributed by atoms with Crippen LogP contribution in [0, 0.1) is 18.6 Å². The number of nitrogens with one attached hydrogen (secondary N) is 2. The molecule has 2 aliphatic rings. The first-order valence-corrected chi connectivity index (χ1v) is 14.7. The van der Waals surface area contributed by atoms with Crippen molar-refractivity contribution in [3.8, 4) is 17.1 Å². The first kappa shape index (κ1) is 26.9. The molecule has 2 N–H and O–H groups in total. The molecule has 1 saturated heterocycles. The number of hydrogen-bond acceptors (Lipinski definition) is 7. The molecule has 3 unspecified atom stereocenters. The minimum absolute atomic E-state index is 0.0244. The molecule has 1 amide bonds. The third kappa shape index (κ3) is 6.00. The van der Waals surface area contributed by atoms with Crippen LogP contribution in [0.1, 0.15) is 56.2 Å². The van der Waals surface area contributed by atoms with Gasteiger partial charge in [0.1, 0.15) is 11.7 Å². The maximum atomic E-state index is 13.6. The zero-order chi connectivity index (χ0) is 27.9. The number of anilines is 1. The van der Waals surface area contributed by atoms with Crippen LogP contribution in [-0.4, -0.2) is 50.0 Å². The second-order valence-electron chi connectivity index (χ2n) is 11.3. The van der Waals surface area contributed by atoms with Gasteiger partial charge in [0, 0.05) is 18.2 Å².